The van der Waals surface area contributed by atoms with Gasteiger partial charge < -0.3 is 10.4 Å². The molecule has 0 aromatic carbocycles. The van der Waals surface area contributed by atoms with Crippen LogP contribution in [0.3, 0.4) is 0 Å². The molecule has 0 unspecified atom stereocenters. The van der Waals surface area contributed by atoms with E-state index in [4.69, 9.17) is 0 Å². The lowest BCUT2D eigenvalue weighted by Gasteiger charge is -2.49. The molecule has 32 heavy (non-hydrogen) atoms. The average Bonchev–Trinajstić information content (AvgIpc) is 3.34. The Balaban J connectivity index is 1.50. The van der Waals surface area contributed by atoms with Gasteiger partial charge in [-0.3, -0.25) is 29.3 Å². The van der Waals surface area contributed by atoms with E-state index in [1.807, 2.05) is 6.92 Å². The number of carbonyl (C=O) groups is 3. The van der Waals surface area contributed by atoms with Crippen molar-refractivity contribution in [2.75, 3.05) is 11.5 Å². The van der Waals surface area contributed by atoms with Gasteiger partial charge in [0.2, 0.25) is 5.69 Å². The number of carboxylic acids is 1. The van der Waals surface area contributed by atoms with Crippen LogP contribution >= 0.6 is 34.9 Å². The number of rotatable bonds is 7. The van der Waals surface area contributed by atoms with Crippen LogP contribution in [0.4, 0.5) is 5.69 Å². The summed E-state index contributed by atoms with van der Waals surface area (Å²) in [6.45, 7) is 1.82. The van der Waals surface area contributed by atoms with Crippen molar-refractivity contribution in [2.45, 2.75) is 22.7 Å². The van der Waals surface area contributed by atoms with Gasteiger partial charge in [0.25, 0.3) is 11.8 Å². The molecule has 16 heteroatoms. The molecular formula is C16H15N7O6S3. The van der Waals surface area contributed by atoms with Crippen molar-refractivity contribution in [2.24, 2.45) is 7.05 Å². The van der Waals surface area contributed by atoms with Crippen molar-refractivity contribution >= 4 is 58.3 Å². The number of nitro groups is 1. The van der Waals surface area contributed by atoms with Gasteiger partial charge in [-0.25, -0.2) is 4.79 Å². The number of carboxylic acid groups (broad SMARTS) is 1. The summed E-state index contributed by atoms with van der Waals surface area (Å²) in [5.41, 5.74) is -0.442. The van der Waals surface area contributed by atoms with Gasteiger partial charge in [-0.2, -0.15) is 5.10 Å². The maximum atomic E-state index is 12.7. The van der Waals surface area contributed by atoms with Crippen molar-refractivity contribution in [3.05, 3.63) is 38.3 Å². The lowest BCUT2D eigenvalue weighted by Crippen LogP contribution is -2.70. The van der Waals surface area contributed by atoms with E-state index in [0.717, 1.165) is 20.8 Å². The Bertz CT molecular complexity index is 1170. The number of aliphatic carboxylic acids is 1. The lowest BCUT2D eigenvalue weighted by molar-refractivity contribution is -0.385. The first kappa shape index (κ1) is 22.2. The first-order chi connectivity index (χ1) is 15.2. The van der Waals surface area contributed by atoms with Crippen LogP contribution in [0.5, 0.6) is 0 Å². The highest BCUT2D eigenvalue weighted by Gasteiger charge is 2.54. The summed E-state index contributed by atoms with van der Waals surface area (Å²) in [6.07, 6.45) is 1.09. The molecule has 0 saturated carbocycles. The van der Waals surface area contributed by atoms with E-state index >= 15 is 0 Å². The number of hydrogen-bond acceptors (Lipinski definition) is 11. The third-order valence-corrected chi connectivity index (χ3v) is 8.03. The Kier molecular flexibility index (Phi) is 5.91. The van der Waals surface area contributed by atoms with E-state index in [-0.39, 0.29) is 5.70 Å². The predicted molar refractivity (Wildman–Crippen MR) is 114 cm³/mol. The van der Waals surface area contributed by atoms with Gasteiger partial charge in [0.1, 0.15) is 28.3 Å². The smallest absolute Gasteiger partial charge is 0.352 e. The van der Waals surface area contributed by atoms with E-state index in [2.05, 4.69) is 20.6 Å². The number of fused-ring (bicyclic) bond motifs is 1. The average molecular weight is 498 g/mol. The molecule has 13 nitrogen and oxygen atoms in total. The third-order valence-electron chi connectivity index (χ3n) is 4.64. The first-order valence-corrected chi connectivity index (χ1v) is 11.8. The quantitative estimate of drug-likeness (QED) is 0.238. The zero-order valence-corrected chi connectivity index (χ0v) is 19.0. The fraction of sp³-hybridized carbons (Fsp3) is 0.375. The zero-order chi connectivity index (χ0) is 23.2. The van der Waals surface area contributed by atoms with Gasteiger partial charge >= 0.3 is 11.7 Å². The lowest BCUT2D eigenvalue weighted by atomic mass is 10.0. The molecule has 4 rings (SSSR count). The molecule has 0 spiro atoms. The maximum absolute atomic E-state index is 12.7. The van der Waals surface area contributed by atoms with Crippen LogP contribution in [-0.2, 0) is 16.6 Å². The highest BCUT2D eigenvalue weighted by molar-refractivity contribution is 8.01. The Morgan fingerprint density at radius 3 is 2.81 bits per heavy atom. The Morgan fingerprint density at radius 1 is 1.44 bits per heavy atom. The molecular weight excluding hydrogens is 482 g/mol. The number of aryl methyl sites for hydroxylation is 2. The van der Waals surface area contributed by atoms with Crippen LogP contribution < -0.4 is 5.32 Å². The minimum atomic E-state index is -1.24. The summed E-state index contributed by atoms with van der Waals surface area (Å²) < 4.78 is 1.83. The van der Waals surface area contributed by atoms with E-state index in [1.165, 1.54) is 41.9 Å². The van der Waals surface area contributed by atoms with E-state index in [9.17, 15) is 29.6 Å². The normalized spacial score (nSPS) is 20.1. The second-order valence-electron chi connectivity index (χ2n) is 6.79. The van der Waals surface area contributed by atoms with Crippen LogP contribution in [0.15, 0.2) is 21.8 Å². The molecule has 2 N–H and O–H groups in total. The second kappa shape index (κ2) is 8.51. The van der Waals surface area contributed by atoms with E-state index in [0.29, 0.717) is 21.4 Å². The molecule has 2 aromatic rings. The molecule has 168 valence electrons. The summed E-state index contributed by atoms with van der Waals surface area (Å²) in [5, 5.41) is 35.2. The Hall–Kier alpha value is -2.98. The number of hydrogen-bond donors (Lipinski definition) is 2. The topological polar surface area (TPSA) is 173 Å². The molecule has 0 bridgehead atoms. The molecule has 2 aliphatic heterocycles. The van der Waals surface area contributed by atoms with Gasteiger partial charge in [0.05, 0.1) is 4.92 Å². The number of amides is 2. The first-order valence-electron chi connectivity index (χ1n) is 8.99. The highest BCUT2D eigenvalue weighted by atomic mass is 32.2. The number of nitrogens with zero attached hydrogens (tertiary/aromatic N) is 6. The van der Waals surface area contributed by atoms with Gasteiger partial charge in [-0.05, 0) is 12.5 Å². The largest absolute Gasteiger partial charge is 0.477 e. The van der Waals surface area contributed by atoms with Crippen LogP contribution in [-0.4, -0.2) is 75.6 Å². The van der Waals surface area contributed by atoms with Crippen molar-refractivity contribution in [1.82, 2.24) is 30.2 Å². The minimum Gasteiger partial charge on any atom is -0.477 e. The maximum Gasteiger partial charge on any atom is 0.352 e. The number of carbonyl (C=O) groups excluding carboxylic acids is 2. The molecule has 2 atom stereocenters. The fourth-order valence-electron chi connectivity index (χ4n) is 3.26. The Labute approximate surface area is 192 Å². The highest BCUT2D eigenvalue weighted by Crippen LogP contribution is 2.42. The molecule has 1 saturated heterocycles. The van der Waals surface area contributed by atoms with Gasteiger partial charge in [0, 0.05) is 18.6 Å². The van der Waals surface area contributed by atoms with Crippen LogP contribution in [0, 0.1) is 17.0 Å². The number of aromatic nitrogens is 4. The summed E-state index contributed by atoms with van der Waals surface area (Å²) >= 11 is 4.04. The zero-order valence-electron chi connectivity index (χ0n) is 16.5. The summed E-state index contributed by atoms with van der Waals surface area (Å²) in [6, 6.07) is -1.01. The fourth-order valence-corrected chi connectivity index (χ4v) is 6.56. The monoisotopic (exact) mass is 497 g/mol. The van der Waals surface area contributed by atoms with E-state index in [1.54, 1.807) is 0 Å². The van der Waals surface area contributed by atoms with Gasteiger partial charge in [0.15, 0.2) is 4.34 Å². The summed E-state index contributed by atoms with van der Waals surface area (Å²) in [4.78, 5) is 48.7. The molecule has 2 aromatic heterocycles. The van der Waals surface area contributed by atoms with Crippen LogP contribution in [0.2, 0.25) is 0 Å². The van der Waals surface area contributed by atoms with Gasteiger partial charge in [-0.1, -0.05) is 23.1 Å². The number of β-lactam (4-membered cyclic amide) rings is 1. The SMILES string of the molecule is Cc1nnc(SCC2=C(C(=O)O)N3C(=O)[C@H](NC(=O)c4nn(C)cc4[N+](=O)[O-])[C@H]3SC2)s1. The summed E-state index contributed by atoms with van der Waals surface area (Å²) in [7, 11) is 1.43. The van der Waals surface area contributed by atoms with Crippen molar-refractivity contribution in [1.29, 1.82) is 0 Å². The van der Waals surface area contributed by atoms with Gasteiger partial charge in [-0.15, -0.1) is 22.0 Å². The number of thioether (sulfide) groups is 2. The Morgan fingerprint density at radius 2 is 2.19 bits per heavy atom. The molecule has 0 aliphatic carbocycles. The molecule has 4 heterocycles. The van der Waals surface area contributed by atoms with Crippen LogP contribution in [0.1, 0.15) is 15.5 Å². The second-order valence-corrected chi connectivity index (χ2v) is 10.3. The molecule has 0 radical (unpaired) electrons. The number of nitrogens with one attached hydrogen (secondary N) is 1. The molecule has 2 amide bonds. The minimum absolute atomic E-state index is 0.109. The summed E-state index contributed by atoms with van der Waals surface area (Å²) in [5.74, 6) is -2.03. The van der Waals surface area contributed by atoms with E-state index < -0.39 is 45.5 Å². The predicted octanol–water partition coefficient (Wildman–Crippen LogP) is 0.633. The van der Waals surface area contributed by atoms with Crippen molar-refractivity contribution in [3.8, 4) is 0 Å². The molecule has 2 aliphatic rings. The van der Waals surface area contributed by atoms with Crippen molar-refractivity contribution in [3.63, 3.8) is 0 Å². The van der Waals surface area contributed by atoms with Crippen molar-refractivity contribution < 1.29 is 24.4 Å². The molecule has 1 fully saturated rings. The van der Waals surface area contributed by atoms with Crippen LogP contribution in [0.25, 0.3) is 0 Å². The standard InChI is InChI=1S/C16H15N7O6S3/c1-6-18-19-16(32-6)31-5-7-4-30-14-10(13(25)22(14)11(7)15(26)27)17-12(24)9-8(23(28)29)3-21(2)20-9/h3,10,14H,4-5H2,1-2H3,(H,17,24)(H,26,27)/t10-,14+/m0/s1. The third kappa shape index (κ3) is 3.95.